The molecule has 63 heavy (non-hydrogen) atoms. The number of rotatable bonds is 14. The number of H-pyrrole nitrogens is 1. The number of aromatic amines is 1. The first kappa shape index (κ1) is 43.6. The summed E-state index contributed by atoms with van der Waals surface area (Å²) in [4.78, 5) is 49.1. The highest BCUT2D eigenvalue weighted by Gasteiger charge is 2.39. The molecule has 2 saturated heterocycles. The van der Waals surface area contributed by atoms with Crippen LogP contribution in [0.3, 0.4) is 0 Å². The number of benzene rings is 3. The van der Waals surface area contributed by atoms with Gasteiger partial charge < -0.3 is 29.8 Å². The van der Waals surface area contributed by atoms with Gasteiger partial charge in [0.25, 0.3) is 21.6 Å². The smallest absolute Gasteiger partial charge is 0.309 e. The van der Waals surface area contributed by atoms with Crippen LogP contribution in [0.25, 0.3) is 16.6 Å². The minimum Gasteiger partial charge on any atom is -0.481 e. The number of carbonyl (C=O) groups excluding carboxylic acids is 1. The van der Waals surface area contributed by atoms with E-state index in [2.05, 4.69) is 29.8 Å². The molecule has 0 bridgehead atoms. The maximum absolute atomic E-state index is 13.9. The maximum Gasteiger partial charge on any atom is 0.309 e. The van der Waals surface area contributed by atoms with Gasteiger partial charge in [-0.2, -0.15) is 0 Å². The zero-order valence-corrected chi connectivity index (χ0v) is 36.2. The average Bonchev–Trinajstić information content (AvgIpc) is 3.75. The molecule has 1 atom stereocenters. The van der Waals surface area contributed by atoms with Gasteiger partial charge in [0.1, 0.15) is 22.8 Å². The van der Waals surface area contributed by atoms with E-state index >= 15 is 0 Å². The lowest BCUT2D eigenvalue weighted by atomic mass is 9.71. The van der Waals surface area contributed by atoms with Crippen molar-refractivity contribution in [3.8, 4) is 11.5 Å². The van der Waals surface area contributed by atoms with Crippen LogP contribution in [0.1, 0.15) is 54.9 Å². The summed E-state index contributed by atoms with van der Waals surface area (Å²) in [7, 11) is -4.59. The van der Waals surface area contributed by atoms with E-state index < -0.39 is 42.8 Å². The number of nitro groups is 1. The van der Waals surface area contributed by atoms with Crippen molar-refractivity contribution >= 4 is 67.2 Å². The lowest BCUT2D eigenvalue weighted by Gasteiger charge is -2.39. The standard InChI is InChI=1S/C45H48ClN7O9S/c1-45(44(55)56)14-10-37(30-2-4-33(46)5-3-30)32(25-45)28-51-16-18-52(19-17-51)34-6-8-38(41(23-34)62-35-22-31-11-15-47-42(31)49-27-35)43(54)50-63(59,60)36-7-9-39(40(24-36)53(57)58)48-26-29-12-20-61-21-13-29/h2-9,11,15,22-24,27,29,48H,10,12-14,16-21,25-26,28H2,1H3,(H,47,49)(H,50,54)(H,55,56). The number of carboxylic acid groups (broad SMARTS) is 1. The summed E-state index contributed by atoms with van der Waals surface area (Å²) in [6.45, 7) is 6.67. The van der Waals surface area contributed by atoms with E-state index in [1.807, 2.05) is 37.3 Å². The minimum atomic E-state index is -4.59. The molecule has 18 heteroatoms. The number of amides is 1. The Morgan fingerprint density at radius 3 is 2.54 bits per heavy atom. The van der Waals surface area contributed by atoms with Gasteiger partial charge in [-0.05, 0) is 105 Å². The largest absolute Gasteiger partial charge is 0.481 e. The van der Waals surface area contributed by atoms with Crippen LogP contribution in [0, 0.1) is 21.4 Å². The van der Waals surface area contributed by atoms with E-state index in [0.717, 1.165) is 46.7 Å². The van der Waals surface area contributed by atoms with Gasteiger partial charge >= 0.3 is 5.97 Å². The molecule has 16 nitrogen and oxygen atoms in total. The molecule has 4 N–H and O–H groups in total. The third kappa shape index (κ3) is 9.96. The molecule has 330 valence electrons. The molecule has 1 unspecified atom stereocenters. The van der Waals surface area contributed by atoms with Gasteiger partial charge in [-0.1, -0.05) is 29.3 Å². The van der Waals surface area contributed by atoms with Crippen LogP contribution < -0.4 is 19.7 Å². The lowest BCUT2D eigenvalue weighted by molar-refractivity contribution is -0.384. The molecule has 2 aromatic heterocycles. The van der Waals surface area contributed by atoms with Gasteiger partial charge in [0.2, 0.25) is 0 Å². The number of aliphatic carboxylic acids is 1. The molecule has 2 aliphatic heterocycles. The molecule has 4 heterocycles. The molecule has 1 aliphatic carbocycles. The minimum absolute atomic E-state index is 0.0749. The molecule has 5 aromatic rings. The second-order valence-corrected chi connectivity index (χ2v) is 18.7. The predicted octanol–water partition coefficient (Wildman–Crippen LogP) is 7.72. The summed E-state index contributed by atoms with van der Waals surface area (Å²) in [5, 5.41) is 26.7. The monoisotopic (exact) mass is 897 g/mol. The molecular formula is C45H48ClN7O9S. The van der Waals surface area contributed by atoms with E-state index in [9.17, 15) is 33.2 Å². The number of ether oxygens (including phenoxy) is 2. The number of fused-ring (bicyclic) bond motifs is 1. The number of nitro benzene ring substituents is 1. The zero-order chi connectivity index (χ0) is 44.3. The second kappa shape index (κ2) is 18.4. The van der Waals surface area contributed by atoms with Crippen molar-refractivity contribution in [3.63, 3.8) is 0 Å². The topological polar surface area (TPSA) is 209 Å². The van der Waals surface area contributed by atoms with Crippen molar-refractivity contribution in [1.82, 2.24) is 19.6 Å². The quantitative estimate of drug-likeness (QED) is 0.0622. The Labute approximate surface area is 369 Å². The number of halogens is 1. The highest BCUT2D eigenvalue weighted by molar-refractivity contribution is 7.90. The van der Waals surface area contributed by atoms with Crippen molar-refractivity contribution in [3.05, 3.63) is 117 Å². The predicted molar refractivity (Wildman–Crippen MR) is 239 cm³/mol. The number of carboxylic acids is 1. The molecule has 1 amide bonds. The summed E-state index contributed by atoms with van der Waals surface area (Å²) >= 11 is 6.19. The molecule has 3 aromatic carbocycles. The summed E-state index contributed by atoms with van der Waals surface area (Å²) in [6, 6.07) is 19.6. The fourth-order valence-electron chi connectivity index (χ4n) is 8.51. The Bertz CT molecular complexity index is 2680. The SMILES string of the molecule is CC1(C(=O)O)CCC(c2ccc(Cl)cc2)=C(CN2CCN(c3ccc(C(=O)NS(=O)(=O)c4ccc(NCC5CCOCC5)c([N+](=O)[O-])c4)c(Oc4cnc5[nH]ccc5c4)c3)CC2)C1. The van der Waals surface area contributed by atoms with Gasteiger partial charge in [0, 0.05) is 86.9 Å². The third-order valence-electron chi connectivity index (χ3n) is 12.3. The number of sulfonamides is 1. The maximum atomic E-state index is 13.9. The van der Waals surface area contributed by atoms with Crippen molar-refractivity contribution in [2.45, 2.75) is 43.9 Å². The normalized spacial score (nSPS) is 18.9. The molecule has 8 rings (SSSR count). The summed E-state index contributed by atoms with van der Waals surface area (Å²) in [5.41, 5.74) is 3.47. The van der Waals surface area contributed by atoms with Crippen LogP contribution in [0.2, 0.25) is 5.02 Å². The van der Waals surface area contributed by atoms with Crippen molar-refractivity contribution in [2.75, 3.05) is 62.7 Å². The summed E-state index contributed by atoms with van der Waals surface area (Å²) in [6.07, 6.45) is 6.48. The fourth-order valence-corrected chi connectivity index (χ4v) is 9.63. The number of pyridine rings is 1. The van der Waals surface area contributed by atoms with E-state index in [1.54, 1.807) is 24.4 Å². The van der Waals surface area contributed by atoms with Crippen LogP contribution in [0.15, 0.2) is 95.7 Å². The van der Waals surface area contributed by atoms with Crippen LogP contribution in [-0.2, 0) is 19.6 Å². The first-order valence-electron chi connectivity index (χ1n) is 20.8. The number of allylic oxidation sites excluding steroid dienone is 1. The lowest BCUT2D eigenvalue weighted by Crippen LogP contribution is -2.47. The van der Waals surface area contributed by atoms with Crippen molar-refractivity contribution in [1.29, 1.82) is 0 Å². The Hall–Kier alpha value is -6.01. The molecule has 0 spiro atoms. The molecule has 0 saturated carbocycles. The first-order chi connectivity index (χ1) is 30.2. The number of nitrogens with one attached hydrogen (secondary N) is 3. The highest BCUT2D eigenvalue weighted by Crippen LogP contribution is 2.44. The summed E-state index contributed by atoms with van der Waals surface area (Å²) < 4.78 is 41.1. The third-order valence-corrected chi connectivity index (χ3v) is 13.8. The second-order valence-electron chi connectivity index (χ2n) is 16.6. The van der Waals surface area contributed by atoms with Gasteiger partial charge in [-0.25, -0.2) is 18.1 Å². The average molecular weight is 898 g/mol. The number of nitrogens with zero attached hydrogens (tertiary/aromatic N) is 4. The fraction of sp³-hybridized carbons (Fsp3) is 0.356. The van der Waals surface area contributed by atoms with Crippen molar-refractivity contribution < 1.29 is 37.5 Å². The molecule has 3 aliphatic rings. The van der Waals surface area contributed by atoms with Gasteiger partial charge in [-0.3, -0.25) is 24.6 Å². The van der Waals surface area contributed by atoms with Crippen LogP contribution >= 0.6 is 11.6 Å². The van der Waals surface area contributed by atoms with Crippen molar-refractivity contribution in [2.24, 2.45) is 11.3 Å². The molecule has 0 radical (unpaired) electrons. The zero-order valence-electron chi connectivity index (χ0n) is 34.6. The first-order valence-corrected chi connectivity index (χ1v) is 22.7. The van der Waals surface area contributed by atoms with Crippen LogP contribution in [0.5, 0.6) is 11.5 Å². The Morgan fingerprint density at radius 2 is 1.81 bits per heavy atom. The number of aromatic nitrogens is 2. The highest BCUT2D eigenvalue weighted by atomic mass is 35.5. The number of hydrogen-bond donors (Lipinski definition) is 4. The summed E-state index contributed by atoms with van der Waals surface area (Å²) in [5.74, 6) is -1.15. The van der Waals surface area contributed by atoms with E-state index in [1.165, 1.54) is 24.4 Å². The van der Waals surface area contributed by atoms with E-state index in [-0.39, 0.29) is 22.9 Å². The van der Waals surface area contributed by atoms with E-state index in [4.69, 9.17) is 21.1 Å². The number of carbonyl (C=O) groups is 2. The van der Waals surface area contributed by atoms with Gasteiger partial charge in [0.15, 0.2) is 0 Å². The van der Waals surface area contributed by atoms with Crippen LogP contribution in [0.4, 0.5) is 17.1 Å². The van der Waals surface area contributed by atoms with Gasteiger partial charge in [0.05, 0.1) is 27.0 Å². The number of anilines is 2. The Balaban J connectivity index is 1.01. The molecular weight excluding hydrogens is 850 g/mol. The van der Waals surface area contributed by atoms with Gasteiger partial charge in [-0.15, -0.1) is 0 Å². The van der Waals surface area contributed by atoms with E-state index in [0.29, 0.717) is 88.2 Å². The molecule has 2 fully saturated rings. The number of piperazine rings is 1. The Kier molecular flexibility index (Phi) is 12.7. The Morgan fingerprint density at radius 1 is 1.05 bits per heavy atom. The number of hydrogen-bond acceptors (Lipinski definition) is 12. The van der Waals surface area contributed by atoms with Crippen LogP contribution in [-0.4, -0.2) is 97.7 Å².